The number of halogens is 3. The number of alkyl carbamates (subject to hydrolysis) is 1. The molecule has 1 unspecified atom stereocenters. The SMILES string of the molecule is CCC(O)(CCC(F)(F)F)CNC(=O)OCc1ccccc1. The van der Waals surface area contributed by atoms with Crippen molar-refractivity contribution in [3.8, 4) is 0 Å². The first-order valence-electron chi connectivity index (χ1n) is 6.98. The second-order valence-corrected chi connectivity index (χ2v) is 5.11. The topological polar surface area (TPSA) is 58.6 Å². The van der Waals surface area contributed by atoms with E-state index in [0.29, 0.717) is 0 Å². The lowest BCUT2D eigenvalue weighted by Crippen LogP contribution is -2.43. The molecule has 7 heteroatoms. The Morgan fingerprint density at radius 2 is 1.86 bits per heavy atom. The Hall–Kier alpha value is -1.76. The maximum atomic E-state index is 12.2. The van der Waals surface area contributed by atoms with Crippen LogP contribution in [0.2, 0.25) is 0 Å². The molecule has 1 aromatic carbocycles. The molecule has 1 atom stereocenters. The van der Waals surface area contributed by atoms with E-state index in [1.165, 1.54) is 0 Å². The van der Waals surface area contributed by atoms with Crippen LogP contribution in [0.4, 0.5) is 18.0 Å². The highest BCUT2D eigenvalue weighted by atomic mass is 19.4. The van der Waals surface area contributed by atoms with Crippen molar-refractivity contribution >= 4 is 6.09 Å². The third kappa shape index (κ3) is 7.31. The van der Waals surface area contributed by atoms with E-state index in [1.54, 1.807) is 31.2 Å². The lowest BCUT2D eigenvalue weighted by atomic mass is 9.94. The first kappa shape index (κ1) is 18.3. The summed E-state index contributed by atoms with van der Waals surface area (Å²) in [4.78, 5) is 11.5. The highest BCUT2D eigenvalue weighted by Gasteiger charge is 2.34. The van der Waals surface area contributed by atoms with Crippen LogP contribution in [0.25, 0.3) is 0 Å². The van der Waals surface area contributed by atoms with Crippen molar-refractivity contribution in [2.75, 3.05) is 6.54 Å². The summed E-state index contributed by atoms with van der Waals surface area (Å²) in [7, 11) is 0. The van der Waals surface area contributed by atoms with E-state index < -0.39 is 30.7 Å². The van der Waals surface area contributed by atoms with Crippen LogP contribution in [0.5, 0.6) is 0 Å². The summed E-state index contributed by atoms with van der Waals surface area (Å²) < 4.78 is 41.5. The number of hydrogen-bond donors (Lipinski definition) is 2. The number of benzene rings is 1. The standard InChI is InChI=1S/C15H20F3NO3/c1-2-14(21,8-9-15(16,17)18)11-19-13(20)22-10-12-6-4-3-5-7-12/h3-7,21H,2,8-11H2,1H3,(H,19,20). The fraction of sp³-hybridized carbons (Fsp3) is 0.533. The van der Waals surface area contributed by atoms with Crippen molar-refractivity contribution in [1.29, 1.82) is 0 Å². The van der Waals surface area contributed by atoms with Crippen LogP contribution in [-0.4, -0.2) is 29.5 Å². The van der Waals surface area contributed by atoms with Gasteiger partial charge in [0.1, 0.15) is 6.61 Å². The van der Waals surface area contributed by atoms with Crippen molar-refractivity contribution < 1.29 is 27.8 Å². The van der Waals surface area contributed by atoms with Gasteiger partial charge >= 0.3 is 12.3 Å². The molecule has 0 aliphatic rings. The largest absolute Gasteiger partial charge is 0.445 e. The molecule has 0 aliphatic carbocycles. The van der Waals surface area contributed by atoms with Gasteiger partial charge in [-0.1, -0.05) is 37.3 Å². The average Bonchev–Trinajstić information content (AvgIpc) is 2.49. The van der Waals surface area contributed by atoms with Crippen LogP contribution in [0.1, 0.15) is 31.7 Å². The molecule has 0 aliphatic heterocycles. The van der Waals surface area contributed by atoms with E-state index in [0.717, 1.165) is 5.56 Å². The summed E-state index contributed by atoms with van der Waals surface area (Å²) in [5.74, 6) is 0. The molecule has 0 saturated heterocycles. The minimum absolute atomic E-state index is 0.0553. The molecule has 1 aromatic rings. The summed E-state index contributed by atoms with van der Waals surface area (Å²) in [6, 6.07) is 8.97. The summed E-state index contributed by atoms with van der Waals surface area (Å²) >= 11 is 0. The predicted octanol–water partition coefficient (Wildman–Crippen LogP) is 3.40. The van der Waals surface area contributed by atoms with Gasteiger partial charge < -0.3 is 15.2 Å². The van der Waals surface area contributed by atoms with Gasteiger partial charge in [0.15, 0.2) is 0 Å². The predicted molar refractivity (Wildman–Crippen MR) is 75.2 cm³/mol. The van der Waals surface area contributed by atoms with E-state index in [9.17, 15) is 23.1 Å². The molecule has 22 heavy (non-hydrogen) atoms. The van der Waals surface area contributed by atoms with Crippen molar-refractivity contribution in [2.24, 2.45) is 0 Å². The van der Waals surface area contributed by atoms with Gasteiger partial charge in [-0.2, -0.15) is 13.2 Å². The molecule has 0 fully saturated rings. The minimum Gasteiger partial charge on any atom is -0.445 e. The Labute approximate surface area is 127 Å². The number of carbonyl (C=O) groups excluding carboxylic acids is 1. The highest BCUT2D eigenvalue weighted by Crippen LogP contribution is 2.27. The zero-order chi connectivity index (χ0) is 16.6. The number of amides is 1. The van der Waals surface area contributed by atoms with Crippen molar-refractivity contribution in [3.05, 3.63) is 35.9 Å². The maximum Gasteiger partial charge on any atom is 0.407 e. The molecular formula is C15H20F3NO3. The molecule has 1 amide bonds. The first-order valence-corrected chi connectivity index (χ1v) is 6.98. The Morgan fingerprint density at radius 3 is 2.41 bits per heavy atom. The number of alkyl halides is 3. The molecule has 0 radical (unpaired) electrons. The Kier molecular flexibility index (Phi) is 6.67. The maximum absolute atomic E-state index is 12.2. The fourth-order valence-corrected chi connectivity index (χ4v) is 1.78. The van der Waals surface area contributed by atoms with E-state index in [1.807, 2.05) is 6.07 Å². The molecule has 2 N–H and O–H groups in total. The molecule has 0 bridgehead atoms. The van der Waals surface area contributed by atoms with Crippen molar-refractivity contribution in [3.63, 3.8) is 0 Å². The van der Waals surface area contributed by atoms with E-state index in [2.05, 4.69) is 5.32 Å². The lowest BCUT2D eigenvalue weighted by molar-refractivity contribution is -0.146. The van der Waals surface area contributed by atoms with Crippen molar-refractivity contribution in [2.45, 2.75) is 44.6 Å². The molecule has 0 saturated carbocycles. The number of nitrogens with one attached hydrogen (secondary N) is 1. The van der Waals surface area contributed by atoms with Crippen LogP contribution >= 0.6 is 0 Å². The molecule has 0 spiro atoms. The van der Waals surface area contributed by atoms with Gasteiger partial charge in [0.25, 0.3) is 0 Å². The van der Waals surface area contributed by atoms with Crippen LogP contribution in [-0.2, 0) is 11.3 Å². The number of aliphatic hydroxyl groups is 1. The van der Waals surface area contributed by atoms with Crippen LogP contribution < -0.4 is 5.32 Å². The zero-order valence-electron chi connectivity index (χ0n) is 12.3. The Morgan fingerprint density at radius 1 is 1.23 bits per heavy atom. The van der Waals surface area contributed by atoms with E-state index >= 15 is 0 Å². The fourth-order valence-electron chi connectivity index (χ4n) is 1.78. The molecule has 0 aromatic heterocycles. The van der Waals surface area contributed by atoms with Gasteiger partial charge in [0, 0.05) is 13.0 Å². The van der Waals surface area contributed by atoms with Gasteiger partial charge in [-0.05, 0) is 18.4 Å². The van der Waals surface area contributed by atoms with E-state index in [4.69, 9.17) is 4.74 Å². The number of rotatable bonds is 7. The summed E-state index contributed by atoms with van der Waals surface area (Å²) in [6.45, 7) is 1.33. The second kappa shape index (κ2) is 8.03. The quantitative estimate of drug-likeness (QED) is 0.810. The average molecular weight is 319 g/mol. The smallest absolute Gasteiger partial charge is 0.407 e. The third-order valence-electron chi connectivity index (χ3n) is 3.31. The van der Waals surface area contributed by atoms with E-state index in [-0.39, 0.29) is 19.6 Å². The third-order valence-corrected chi connectivity index (χ3v) is 3.31. The molecule has 1 rings (SSSR count). The van der Waals surface area contributed by atoms with Crippen molar-refractivity contribution in [1.82, 2.24) is 5.32 Å². The summed E-state index contributed by atoms with van der Waals surface area (Å²) in [5.41, 5.74) is -0.804. The highest BCUT2D eigenvalue weighted by molar-refractivity contribution is 5.67. The molecule has 4 nitrogen and oxygen atoms in total. The Bertz CT molecular complexity index is 465. The zero-order valence-corrected chi connectivity index (χ0v) is 12.3. The number of hydrogen-bond acceptors (Lipinski definition) is 3. The summed E-state index contributed by atoms with van der Waals surface area (Å²) in [5, 5.41) is 12.3. The molecule has 124 valence electrons. The lowest BCUT2D eigenvalue weighted by Gasteiger charge is -2.27. The minimum atomic E-state index is -4.34. The van der Waals surface area contributed by atoms with Gasteiger partial charge in [-0.15, -0.1) is 0 Å². The monoisotopic (exact) mass is 319 g/mol. The second-order valence-electron chi connectivity index (χ2n) is 5.11. The normalized spacial score (nSPS) is 14.2. The van der Waals surface area contributed by atoms with Gasteiger partial charge in [-0.3, -0.25) is 0 Å². The van der Waals surface area contributed by atoms with Crippen LogP contribution in [0, 0.1) is 0 Å². The molecular weight excluding hydrogens is 299 g/mol. The Balaban J connectivity index is 2.37. The van der Waals surface area contributed by atoms with Gasteiger partial charge in [0.05, 0.1) is 5.60 Å². The number of carbonyl (C=O) groups is 1. The van der Waals surface area contributed by atoms with Crippen LogP contribution in [0.3, 0.4) is 0 Å². The first-order chi connectivity index (χ1) is 10.2. The molecule has 0 heterocycles. The van der Waals surface area contributed by atoms with Gasteiger partial charge in [-0.25, -0.2) is 4.79 Å². The summed E-state index contributed by atoms with van der Waals surface area (Å²) in [6.07, 6.45) is -6.58. The van der Waals surface area contributed by atoms with Crippen LogP contribution in [0.15, 0.2) is 30.3 Å². The number of ether oxygens (including phenoxy) is 1. The van der Waals surface area contributed by atoms with Gasteiger partial charge in [0.2, 0.25) is 0 Å².